The Morgan fingerprint density at radius 2 is 2.00 bits per heavy atom. The van der Waals surface area contributed by atoms with Crippen molar-refractivity contribution in [2.75, 3.05) is 6.61 Å². The largest absolute Gasteiger partial charge is 0.494 e. The van der Waals surface area contributed by atoms with Crippen LogP contribution in [0, 0.1) is 6.92 Å². The molecule has 0 spiro atoms. The average molecular weight is 277 g/mol. The van der Waals surface area contributed by atoms with Crippen molar-refractivity contribution in [3.63, 3.8) is 0 Å². The number of ether oxygens (including phenoxy) is 1. The van der Waals surface area contributed by atoms with Crippen LogP contribution in [0.2, 0.25) is 5.02 Å². The normalized spacial score (nSPS) is 12.2. The monoisotopic (exact) mass is 276 g/mol. The minimum atomic E-state index is -0.742. The molecule has 0 aliphatic rings. The summed E-state index contributed by atoms with van der Waals surface area (Å²) in [5, 5.41) is 11.0. The maximum atomic E-state index is 10.4. The minimum Gasteiger partial charge on any atom is -0.494 e. The SMILES string of the molecule is CCOc1cccc(C(O)c2ccc(C)cc2Cl)c1. The van der Waals surface area contributed by atoms with Gasteiger partial charge in [0.1, 0.15) is 11.9 Å². The summed E-state index contributed by atoms with van der Waals surface area (Å²) >= 11 is 6.18. The number of hydrogen-bond acceptors (Lipinski definition) is 2. The molecular weight excluding hydrogens is 260 g/mol. The molecule has 19 heavy (non-hydrogen) atoms. The zero-order chi connectivity index (χ0) is 13.8. The Morgan fingerprint density at radius 1 is 1.21 bits per heavy atom. The molecule has 0 saturated carbocycles. The lowest BCUT2D eigenvalue weighted by atomic mass is 10.0. The maximum Gasteiger partial charge on any atom is 0.119 e. The number of aryl methyl sites for hydroxylation is 1. The lowest BCUT2D eigenvalue weighted by molar-refractivity contribution is 0.219. The molecule has 0 aliphatic heterocycles. The molecule has 1 unspecified atom stereocenters. The molecule has 0 radical (unpaired) electrons. The fraction of sp³-hybridized carbons (Fsp3) is 0.250. The highest BCUT2D eigenvalue weighted by molar-refractivity contribution is 6.31. The van der Waals surface area contributed by atoms with Gasteiger partial charge in [0.25, 0.3) is 0 Å². The number of halogens is 1. The summed E-state index contributed by atoms with van der Waals surface area (Å²) in [5.74, 6) is 0.752. The van der Waals surface area contributed by atoms with E-state index in [0.29, 0.717) is 17.2 Å². The highest BCUT2D eigenvalue weighted by atomic mass is 35.5. The third-order valence-corrected chi connectivity index (χ3v) is 3.26. The first-order valence-corrected chi connectivity index (χ1v) is 6.66. The van der Waals surface area contributed by atoms with E-state index in [1.54, 1.807) is 0 Å². The van der Waals surface area contributed by atoms with E-state index >= 15 is 0 Å². The van der Waals surface area contributed by atoms with Crippen molar-refractivity contribution in [1.82, 2.24) is 0 Å². The van der Waals surface area contributed by atoms with Crippen LogP contribution >= 0.6 is 11.6 Å². The Balaban J connectivity index is 2.32. The molecule has 3 heteroatoms. The van der Waals surface area contributed by atoms with Crippen LogP contribution in [-0.4, -0.2) is 11.7 Å². The van der Waals surface area contributed by atoms with Crippen LogP contribution in [0.25, 0.3) is 0 Å². The first kappa shape index (κ1) is 13.9. The van der Waals surface area contributed by atoms with Crippen molar-refractivity contribution >= 4 is 11.6 Å². The number of benzene rings is 2. The zero-order valence-corrected chi connectivity index (χ0v) is 11.8. The van der Waals surface area contributed by atoms with Gasteiger partial charge < -0.3 is 9.84 Å². The Morgan fingerprint density at radius 3 is 2.68 bits per heavy atom. The number of aliphatic hydroxyl groups is 1. The van der Waals surface area contributed by atoms with Gasteiger partial charge in [-0.1, -0.05) is 35.9 Å². The van der Waals surface area contributed by atoms with Gasteiger partial charge >= 0.3 is 0 Å². The predicted molar refractivity (Wildman–Crippen MR) is 77.9 cm³/mol. The van der Waals surface area contributed by atoms with Gasteiger partial charge in [-0.15, -0.1) is 0 Å². The molecule has 0 amide bonds. The van der Waals surface area contributed by atoms with E-state index in [1.807, 2.05) is 56.3 Å². The van der Waals surface area contributed by atoms with E-state index < -0.39 is 6.10 Å². The van der Waals surface area contributed by atoms with Gasteiger partial charge in [-0.25, -0.2) is 0 Å². The molecular formula is C16H17ClO2. The van der Waals surface area contributed by atoms with Crippen molar-refractivity contribution in [3.8, 4) is 5.75 Å². The average Bonchev–Trinajstić information content (AvgIpc) is 2.39. The number of rotatable bonds is 4. The highest BCUT2D eigenvalue weighted by Crippen LogP contribution is 2.30. The van der Waals surface area contributed by atoms with E-state index in [-0.39, 0.29) is 0 Å². The quantitative estimate of drug-likeness (QED) is 0.910. The molecule has 0 aromatic heterocycles. The topological polar surface area (TPSA) is 29.5 Å². The molecule has 1 N–H and O–H groups in total. The third kappa shape index (κ3) is 3.28. The van der Waals surface area contributed by atoms with Gasteiger partial charge in [-0.3, -0.25) is 0 Å². The number of hydrogen-bond donors (Lipinski definition) is 1. The minimum absolute atomic E-state index is 0.578. The van der Waals surface area contributed by atoms with Crippen molar-refractivity contribution in [2.24, 2.45) is 0 Å². The maximum absolute atomic E-state index is 10.4. The molecule has 0 saturated heterocycles. The Kier molecular flexibility index (Phi) is 4.46. The van der Waals surface area contributed by atoms with E-state index in [1.165, 1.54) is 0 Å². The van der Waals surface area contributed by atoms with Crippen molar-refractivity contribution < 1.29 is 9.84 Å². The van der Waals surface area contributed by atoms with Gasteiger partial charge in [0, 0.05) is 10.6 Å². The van der Waals surface area contributed by atoms with Crippen LogP contribution in [-0.2, 0) is 0 Å². The molecule has 2 rings (SSSR count). The summed E-state index contributed by atoms with van der Waals surface area (Å²) in [4.78, 5) is 0. The number of aliphatic hydroxyl groups excluding tert-OH is 1. The van der Waals surface area contributed by atoms with Gasteiger partial charge in [0.05, 0.1) is 6.61 Å². The highest BCUT2D eigenvalue weighted by Gasteiger charge is 2.14. The second-order valence-corrected chi connectivity index (χ2v) is 4.84. The zero-order valence-electron chi connectivity index (χ0n) is 11.1. The van der Waals surface area contributed by atoms with E-state index in [2.05, 4.69) is 0 Å². The standard InChI is InChI=1S/C16H17ClO2/c1-3-19-13-6-4-5-12(10-13)16(18)14-8-7-11(2)9-15(14)17/h4-10,16,18H,3H2,1-2H3. The molecule has 0 fully saturated rings. The second kappa shape index (κ2) is 6.09. The lowest BCUT2D eigenvalue weighted by Crippen LogP contribution is -2.01. The van der Waals surface area contributed by atoms with Crippen LogP contribution < -0.4 is 4.74 Å². The third-order valence-electron chi connectivity index (χ3n) is 2.94. The van der Waals surface area contributed by atoms with Crippen LogP contribution in [0.3, 0.4) is 0 Å². The van der Waals surface area contributed by atoms with Crippen molar-refractivity contribution in [3.05, 3.63) is 64.2 Å². The summed E-state index contributed by atoms with van der Waals surface area (Å²) in [7, 11) is 0. The Bertz CT molecular complexity index is 566. The molecule has 0 heterocycles. The molecule has 1 atom stereocenters. The van der Waals surface area contributed by atoms with Crippen molar-refractivity contribution in [2.45, 2.75) is 20.0 Å². The molecule has 2 aromatic carbocycles. The van der Waals surface area contributed by atoms with Crippen molar-refractivity contribution in [1.29, 1.82) is 0 Å². The van der Waals surface area contributed by atoms with E-state index in [9.17, 15) is 5.11 Å². The lowest BCUT2D eigenvalue weighted by Gasteiger charge is -2.14. The van der Waals surface area contributed by atoms with Crippen LogP contribution in [0.1, 0.15) is 29.7 Å². The molecule has 0 aliphatic carbocycles. The van der Waals surface area contributed by atoms with Crippen LogP contribution in [0.5, 0.6) is 5.75 Å². The summed E-state index contributed by atoms with van der Waals surface area (Å²) in [6, 6.07) is 13.1. The fourth-order valence-electron chi connectivity index (χ4n) is 1.97. The fourth-order valence-corrected chi connectivity index (χ4v) is 2.31. The summed E-state index contributed by atoms with van der Waals surface area (Å²) in [6.07, 6.45) is -0.742. The van der Waals surface area contributed by atoms with Crippen LogP contribution in [0.4, 0.5) is 0 Å². The summed E-state index contributed by atoms with van der Waals surface area (Å²) in [6.45, 7) is 4.50. The molecule has 100 valence electrons. The van der Waals surface area contributed by atoms with E-state index in [4.69, 9.17) is 16.3 Å². The van der Waals surface area contributed by atoms with Gasteiger partial charge in [0.2, 0.25) is 0 Å². The first-order chi connectivity index (χ1) is 9.11. The molecule has 2 nitrogen and oxygen atoms in total. The Labute approximate surface area is 118 Å². The predicted octanol–water partition coefficient (Wildman–Crippen LogP) is 4.13. The van der Waals surface area contributed by atoms with E-state index in [0.717, 1.165) is 16.9 Å². The Hall–Kier alpha value is -1.51. The summed E-state index contributed by atoms with van der Waals surface area (Å²) in [5.41, 5.74) is 2.56. The van der Waals surface area contributed by atoms with Gasteiger partial charge in [0.15, 0.2) is 0 Å². The molecule has 2 aromatic rings. The molecule has 0 bridgehead atoms. The van der Waals surface area contributed by atoms with Gasteiger partial charge in [-0.2, -0.15) is 0 Å². The first-order valence-electron chi connectivity index (χ1n) is 6.28. The second-order valence-electron chi connectivity index (χ2n) is 4.43. The van der Waals surface area contributed by atoms with Gasteiger partial charge in [-0.05, 0) is 43.2 Å². The summed E-state index contributed by atoms with van der Waals surface area (Å²) < 4.78 is 5.44. The smallest absolute Gasteiger partial charge is 0.119 e. The van der Waals surface area contributed by atoms with Crippen LogP contribution in [0.15, 0.2) is 42.5 Å².